The lowest BCUT2D eigenvalue weighted by Gasteiger charge is -2.16. The van der Waals surface area contributed by atoms with E-state index in [0.717, 1.165) is 6.54 Å². The van der Waals surface area contributed by atoms with Gasteiger partial charge in [-0.05, 0) is 12.8 Å². The van der Waals surface area contributed by atoms with Gasteiger partial charge in [-0.1, -0.05) is 30.8 Å². The highest BCUT2D eigenvalue weighted by Crippen LogP contribution is 2.19. The predicted molar refractivity (Wildman–Crippen MR) is 84.7 cm³/mol. The molecular weight excluding hydrogens is 282 g/mol. The van der Waals surface area contributed by atoms with Crippen LogP contribution in [0.1, 0.15) is 50.2 Å². The van der Waals surface area contributed by atoms with E-state index in [9.17, 15) is 0 Å². The van der Waals surface area contributed by atoms with E-state index in [1.807, 2.05) is 0 Å². The molecule has 7 nitrogen and oxygen atoms in total. The van der Waals surface area contributed by atoms with Crippen molar-refractivity contribution in [1.29, 1.82) is 0 Å². The number of nitrogens with one attached hydrogen (secondary N) is 2. The molecule has 1 aliphatic rings. The number of aliphatic imine (C=N–C) groups is 1. The first-order chi connectivity index (χ1) is 10.8. The van der Waals surface area contributed by atoms with Crippen LogP contribution in [0, 0.1) is 6.92 Å². The van der Waals surface area contributed by atoms with Crippen molar-refractivity contribution in [3.05, 3.63) is 11.7 Å². The smallest absolute Gasteiger partial charge is 0.223 e. The molecule has 0 aliphatic heterocycles. The minimum absolute atomic E-state index is 0.432. The van der Waals surface area contributed by atoms with E-state index < -0.39 is 0 Å². The molecule has 1 fully saturated rings. The molecule has 7 heteroatoms. The van der Waals surface area contributed by atoms with E-state index in [2.05, 4.69) is 25.8 Å². The van der Waals surface area contributed by atoms with Crippen LogP contribution in [0.4, 0.5) is 0 Å². The third-order valence-corrected chi connectivity index (χ3v) is 3.76. The minimum Gasteiger partial charge on any atom is -0.376 e. The minimum atomic E-state index is 0.432. The topological polar surface area (TPSA) is 84.6 Å². The highest BCUT2D eigenvalue weighted by Gasteiger charge is 2.12. The van der Waals surface area contributed by atoms with Crippen LogP contribution in [-0.2, 0) is 11.3 Å². The van der Waals surface area contributed by atoms with E-state index in [1.165, 1.54) is 38.5 Å². The van der Waals surface area contributed by atoms with Gasteiger partial charge in [0.25, 0.3) is 0 Å². The summed E-state index contributed by atoms with van der Waals surface area (Å²) >= 11 is 0. The molecule has 0 radical (unpaired) electrons. The summed E-state index contributed by atoms with van der Waals surface area (Å²) in [5, 5.41) is 10.2. The Morgan fingerprint density at radius 1 is 1.27 bits per heavy atom. The molecule has 0 atom stereocenters. The Labute approximate surface area is 131 Å². The molecule has 1 saturated carbocycles. The maximum atomic E-state index is 5.94. The van der Waals surface area contributed by atoms with Crippen LogP contribution in [0.5, 0.6) is 0 Å². The number of guanidine groups is 1. The van der Waals surface area contributed by atoms with Crippen molar-refractivity contribution in [3.8, 4) is 0 Å². The van der Waals surface area contributed by atoms with Gasteiger partial charge in [-0.2, -0.15) is 4.98 Å². The summed E-state index contributed by atoms with van der Waals surface area (Å²) in [4.78, 5) is 8.30. The zero-order valence-corrected chi connectivity index (χ0v) is 13.6. The molecule has 22 heavy (non-hydrogen) atoms. The Morgan fingerprint density at radius 3 is 2.68 bits per heavy atom. The SMILES string of the molecule is CN=C(NCCOC1CCCCCC1)NCc1noc(C)n1. The van der Waals surface area contributed by atoms with Gasteiger partial charge in [0, 0.05) is 20.5 Å². The summed E-state index contributed by atoms with van der Waals surface area (Å²) in [7, 11) is 1.74. The molecule has 1 aromatic rings. The molecule has 124 valence electrons. The van der Waals surface area contributed by atoms with Gasteiger partial charge < -0.3 is 19.9 Å². The number of nitrogens with zero attached hydrogens (tertiary/aromatic N) is 3. The molecule has 0 spiro atoms. The Morgan fingerprint density at radius 2 is 2.05 bits per heavy atom. The normalized spacial score (nSPS) is 17.3. The number of ether oxygens (including phenoxy) is 1. The molecule has 1 aliphatic carbocycles. The zero-order chi connectivity index (χ0) is 15.6. The average molecular weight is 309 g/mol. The lowest BCUT2D eigenvalue weighted by molar-refractivity contribution is 0.0468. The Kier molecular flexibility index (Phi) is 7.15. The highest BCUT2D eigenvalue weighted by molar-refractivity contribution is 5.79. The standard InChI is InChI=1S/C15H27N5O2/c1-12-19-14(20-22-12)11-18-15(16-2)17-9-10-21-13-7-5-3-4-6-8-13/h13H,3-11H2,1-2H3,(H2,16,17,18). The van der Waals surface area contributed by atoms with Gasteiger partial charge >= 0.3 is 0 Å². The second kappa shape index (κ2) is 9.40. The number of hydrogen-bond acceptors (Lipinski definition) is 5. The van der Waals surface area contributed by atoms with Crippen molar-refractivity contribution < 1.29 is 9.26 Å². The summed E-state index contributed by atoms with van der Waals surface area (Å²) in [6.07, 6.45) is 8.13. The van der Waals surface area contributed by atoms with Crippen LogP contribution < -0.4 is 10.6 Å². The molecular formula is C15H27N5O2. The fourth-order valence-corrected chi connectivity index (χ4v) is 2.60. The Hall–Kier alpha value is -1.63. The molecule has 0 amide bonds. The lowest BCUT2D eigenvalue weighted by Crippen LogP contribution is -2.39. The molecule has 0 unspecified atom stereocenters. The van der Waals surface area contributed by atoms with Gasteiger partial charge in [-0.15, -0.1) is 0 Å². The average Bonchev–Trinajstić information content (AvgIpc) is 2.78. The summed E-state index contributed by atoms with van der Waals surface area (Å²) in [6, 6.07) is 0. The summed E-state index contributed by atoms with van der Waals surface area (Å²) < 4.78 is 10.9. The largest absolute Gasteiger partial charge is 0.376 e. The number of rotatable bonds is 6. The molecule has 1 aromatic heterocycles. The molecule has 1 heterocycles. The highest BCUT2D eigenvalue weighted by atomic mass is 16.5. The summed E-state index contributed by atoms with van der Waals surface area (Å²) in [6.45, 7) is 3.70. The first-order valence-corrected chi connectivity index (χ1v) is 8.13. The van der Waals surface area contributed by atoms with Gasteiger partial charge in [0.15, 0.2) is 11.8 Å². The molecule has 2 rings (SSSR count). The monoisotopic (exact) mass is 309 g/mol. The second-order valence-electron chi connectivity index (χ2n) is 5.57. The van der Waals surface area contributed by atoms with Gasteiger partial charge in [-0.3, -0.25) is 4.99 Å². The number of aromatic nitrogens is 2. The van der Waals surface area contributed by atoms with E-state index in [1.54, 1.807) is 14.0 Å². The van der Waals surface area contributed by atoms with Crippen LogP contribution in [0.15, 0.2) is 9.52 Å². The van der Waals surface area contributed by atoms with Gasteiger partial charge in [0.2, 0.25) is 5.89 Å². The molecule has 0 bridgehead atoms. The fourth-order valence-electron chi connectivity index (χ4n) is 2.60. The van der Waals surface area contributed by atoms with E-state index in [-0.39, 0.29) is 0 Å². The van der Waals surface area contributed by atoms with E-state index >= 15 is 0 Å². The quantitative estimate of drug-likeness (QED) is 0.361. The summed E-state index contributed by atoms with van der Waals surface area (Å²) in [5.74, 6) is 1.90. The van der Waals surface area contributed by atoms with Crippen molar-refractivity contribution in [2.24, 2.45) is 4.99 Å². The second-order valence-corrected chi connectivity index (χ2v) is 5.57. The molecule has 2 N–H and O–H groups in total. The first kappa shape index (κ1) is 16.7. The lowest BCUT2D eigenvalue weighted by atomic mass is 10.1. The van der Waals surface area contributed by atoms with Crippen molar-refractivity contribution in [2.45, 2.75) is 58.1 Å². The van der Waals surface area contributed by atoms with Crippen molar-refractivity contribution in [1.82, 2.24) is 20.8 Å². The van der Waals surface area contributed by atoms with Gasteiger partial charge in [-0.25, -0.2) is 0 Å². The van der Waals surface area contributed by atoms with Gasteiger partial charge in [0.05, 0.1) is 19.3 Å². The third-order valence-electron chi connectivity index (χ3n) is 3.76. The number of hydrogen-bond donors (Lipinski definition) is 2. The van der Waals surface area contributed by atoms with Crippen LogP contribution in [-0.4, -0.2) is 42.4 Å². The predicted octanol–water partition coefficient (Wildman–Crippen LogP) is 1.78. The van der Waals surface area contributed by atoms with E-state index in [4.69, 9.17) is 9.26 Å². The van der Waals surface area contributed by atoms with Crippen LogP contribution >= 0.6 is 0 Å². The van der Waals surface area contributed by atoms with Gasteiger partial charge in [0.1, 0.15) is 0 Å². The molecule has 0 saturated heterocycles. The van der Waals surface area contributed by atoms with Crippen molar-refractivity contribution in [3.63, 3.8) is 0 Å². The molecule has 0 aromatic carbocycles. The maximum absolute atomic E-state index is 5.94. The fraction of sp³-hybridized carbons (Fsp3) is 0.800. The van der Waals surface area contributed by atoms with Crippen LogP contribution in [0.2, 0.25) is 0 Å². The Bertz CT molecular complexity index is 453. The van der Waals surface area contributed by atoms with Crippen LogP contribution in [0.25, 0.3) is 0 Å². The van der Waals surface area contributed by atoms with Crippen molar-refractivity contribution in [2.75, 3.05) is 20.2 Å². The van der Waals surface area contributed by atoms with Crippen LogP contribution in [0.3, 0.4) is 0 Å². The maximum Gasteiger partial charge on any atom is 0.223 e. The number of aryl methyl sites for hydroxylation is 1. The van der Waals surface area contributed by atoms with E-state index in [0.29, 0.717) is 36.9 Å². The first-order valence-electron chi connectivity index (χ1n) is 8.13. The zero-order valence-electron chi connectivity index (χ0n) is 13.6. The van der Waals surface area contributed by atoms with Crippen molar-refractivity contribution >= 4 is 5.96 Å². The summed E-state index contributed by atoms with van der Waals surface area (Å²) in [5.41, 5.74) is 0. The Balaban J connectivity index is 1.59. The third kappa shape index (κ3) is 6.01.